The van der Waals surface area contributed by atoms with E-state index in [2.05, 4.69) is 53.0 Å². The summed E-state index contributed by atoms with van der Waals surface area (Å²) in [4.78, 5) is 4.55. The molecule has 0 amide bonds. The summed E-state index contributed by atoms with van der Waals surface area (Å²) >= 11 is 1.73. The number of aryl methyl sites for hydroxylation is 1. The van der Waals surface area contributed by atoms with Gasteiger partial charge in [0.15, 0.2) is 0 Å². The highest BCUT2D eigenvalue weighted by Crippen LogP contribution is 2.24. The van der Waals surface area contributed by atoms with E-state index >= 15 is 0 Å². The van der Waals surface area contributed by atoms with Crippen LogP contribution >= 0.6 is 11.3 Å². The highest BCUT2D eigenvalue weighted by atomic mass is 32.1. The summed E-state index contributed by atoms with van der Waals surface area (Å²) in [7, 11) is 0. The molecule has 3 rings (SSSR count). The number of thiophene rings is 1. The van der Waals surface area contributed by atoms with Gasteiger partial charge < -0.3 is 14.6 Å². The Morgan fingerprint density at radius 2 is 1.41 bits per heavy atom. The molecule has 0 saturated carbocycles. The number of phenols is 1. The maximum atomic E-state index is 10.4. The number of nitrogens with zero attached hydrogens (tertiary/aromatic N) is 1. The van der Waals surface area contributed by atoms with E-state index in [0.29, 0.717) is 17.9 Å². The minimum atomic E-state index is 0.197. The second kappa shape index (κ2) is 21.1. The Morgan fingerprint density at radius 1 is 0.732 bits per heavy atom. The highest BCUT2D eigenvalue weighted by molar-refractivity contribution is 7.07. The average molecular weight is 578 g/mol. The molecule has 0 radical (unpaired) electrons. The maximum absolute atomic E-state index is 10.4. The zero-order valence-electron chi connectivity index (χ0n) is 25.2. The minimum Gasteiger partial charge on any atom is -0.507 e. The number of unbranched alkanes of at least 4 members (excludes halogenated alkanes) is 12. The molecule has 0 atom stereocenters. The predicted molar refractivity (Wildman–Crippen MR) is 175 cm³/mol. The van der Waals surface area contributed by atoms with E-state index in [1.165, 1.54) is 88.2 Å². The second-order valence-corrected chi connectivity index (χ2v) is 11.8. The van der Waals surface area contributed by atoms with Crippen LogP contribution in [0.2, 0.25) is 0 Å². The fourth-order valence-corrected chi connectivity index (χ4v) is 5.50. The van der Waals surface area contributed by atoms with Gasteiger partial charge >= 0.3 is 0 Å². The molecule has 0 fully saturated rings. The molecular weight excluding hydrogens is 526 g/mol. The van der Waals surface area contributed by atoms with Crippen LogP contribution in [0, 0.1) is 0 Å². The molecule has 0 saturated heterocycles. The van der Waals surface area contributed by atoms with Gasteiger partial charge in [0.1, 0.15) is 11.5 Å². The number of benzene rings is 2. The van der Waals surface area contributed by atoms with Gasteiger partial charge in [-0.15, -0.1) is 0 Å². The Labute approximate surface area is 252 Å². The molecule has 0 aliphatic rings. The zero-order chi connectivity index (χ0) is 28.8. The molecule has 0 spiro atoms. The van der Waals surface area contributed by atoms with Crippen LogP contribution in [0.1, 0.15) is 114 Å². The fraction of sp³-hybridized carbons (Fsp3) is 0.528. The van der Waals surface area contributed by atoms with Crippen molar-refractivity contribution >= 4 is 23.2 Å². The smallest absolute Gasteiger partial charge is 0.128 e. The molecule has 0 aliphatic carbocycles. The Hall–Kier alpha value is -2.63. The number of hydrogen-bond donors (Lipinski definition) is 1. The van der Waals surface area contributed by atoms with E-state index in [9.17, 15) is 5.11 Å². The van der Waals surface area contributed by atoms with Crippen molar-refractivity contribution in [2.45, 2.75) is 110 Å². The third-order valence-electron chi connectivity index (χ3n) is 7.41. The summed E-state index contributed by atoms with van der Waals surface area (Å²) in [5.74, 6) is 0.905. The van der Waals surface area contributed by atoms with E-state index in [0.717, 1.165) is 38.2 Å². The van der Waals surface area contributed by atoms with E-state index in [-0.39, 0.29) is 5.75 Å². The summed E-state index contributed by atoms with van der Waals surface area (Å²) in [6, 6.07) is 16.0. The molecule has 1 heterocycles. The average Bonchev–Trinajstić information content (AvgIpc) is 3.51. The van der Waals surface area contributed by atoms with Gasteiger partial charge in [-0.3, -0.25) is 4.99 Å². The van der Waals surface area contributed by atoms with Crippen molar-refractivity contribution in [3.63, 3.8) is 0 Å². The molecule has 2 aromatic carbocycles. The molecule has 1 aromatic heterocycles. The van der Waals surface area contributed by atoms with Crippen LogP contribution in [0.5, 0.6) is 11.5 Å². The summed E-state index contributed by atoms with van der Waals surface area (Å²) in [5, 5.41) is 14.7. The van der Waals surface area contributed by atoms with E-state index in [1.54, 1.807) is 23.6 Å². The quantitative estimate of drug-likeness (QED) is 0.0901. The molecule has 3 aromatic rings. The summed E-state index contributed by atoms with van der Waals surface area (Å²) in [6.07, 6.45) is 20.5. The lowest BCUT2D eigenvalue weighted by Gasteiger charge is -2.08. The standard InChI is InChI=1S/C36H51NO3S/c1-2-3-4-5-10-13-16-31-17-20-34(21-18-31)37-28-33-19-22-35(27-36(33)38)40-25-15-12-9-7-6-8-11-14-24-39-29-32-23-26-41-30-32/h17-23,26-28,30,38H,2-16,24-25,29H2,1H3. The van der Waals surface area contributed by atoms with Crippen molar-refractivity contribution in [2.24, 2.45) is 4.99 Å². The lowest BCUT2D eigenvalue weighted by Crippen LogP contribution is -1.98. The van der Waals surface area contributed by atoms with Crippen LogP contribution in [0.3, 0.4) is 0 Å². The molecule has 4 nitrogen and oxygen atoms in total. The van der Waals surface area contributed by atoms with Crippen LogP contribution in [0.15, 0.2) is 64.3 Å². The number of hydrogen-bond acceptors (Lipinski definition) is 5. The Bertz CT molecular complexity index is 1080. The summed E-state index contributed by atoms with van der Waals surface area (Å²) in [5.41, 5.74) is 4.25. The van der Waals surface area contributed by atoms with Crippen LogP contribution in [0.4, 0.5) is 5.69 Å². The summed E-state index contributed by atoms with van der Waals surface area (Å²) in [6.45, 7) is 4.55. The third-order valence-corrected chi connectivity index (χ3v) is 8.14. The van der Waals surface area contributed by atoms with E-state index in [1.807, 2.05) is 12.1 Å². The van der Waals surface area contributed by atoms with Gasteiger partial charge in [-0.05, 0) is 77.9 Å². The summed E-state index contributed by atoms with van der Waals surface area (Å²) < 4.78 is 11.6. The predicted octanol–water partition coefficient (Wildman–Crippen LogP) is 10.8. The molecule has 1 N–H and O–H groups in total. The van der Waals surface area contributed by atoms with Gasteiger partial charge in [0, 0.05) is 24.5 Å². The lowest BCUT2D eigenvalue weighted by atomic mass is 10.0. The first-order valence-corrected chi connectivity index (χ1v) is 16.9. The van der Waals surface area contributed by atoms with Crippen molar-refractivity contribution < 1.29 is 14.6 Å². The van der Waals surface area contributed by atoms with Crippen molar-refractivity contribution in [2.75, 3.05) is 13.2 Å². The van der Waals surface area contributed by atoms with Gasteiger partial charge in [0.05, 0.1) is 18.9 Å². The topological polar surface area (TPSA) is 51.0 Å². The first-order chi connectivity index (χ1) is 20.2. The zero-order valence-corrected chi connectivity index (χ0v) is 26.0. The van der Waals surface area contributed by atoms with Gasteiger partial charge in [-0.25, -0.2) is 0 Å². The van der Waals surface area contributed by atoms with Crippen molar-refractivity contribution in [3.05, 3.63) is 76.0 Å². The normalized spacial score (nSPS) is 11.4. The maximum Gasteiger partial charge on any atom is 0.128 e. The molecule has 0 bridgehead atoms. The molecule has 0 aliphatic heterocycles. The Kier molecular flexibility index (Phi) is 16.9. The van der Waals surface area contributed by atoms with Crippen molar-refractivity contribution in [1.82, 2.24) is 0 Å². The monoisotopic (exact) mass is 577 g/mol. The molecule has 224 valence electrons. The minimum absolute atomic E-state index is 0.197. The molecule has 5 heteroatoms. The second-order valence-electron chi connectivity index (χ2n) is 11.0. The first-order valence-electron chi connectivity index (χ1n) is 15.9. The Balaban J connectivity index is 1.20. The SMILES string of the molecule is CCCCCCCCc1ccc(N=Cc2ccc(OCCCCCCCCCCOCc3ccsc3)cc2O)cc1. The van der Waals surface area contributed by atoms with Gasteiger partial charge in [-0.2, -0.15) is 11.3 Å². The van der Waals surface area contributed by atoms with Crippen molar-refractivity contribution in [1.29, 1.82) is 0 Å². The lowest BCUT2D eigenvalue weighted by molar-refractivity contribution is 0.117. The number of ether oxygens (including phenoxy) is 2. The number of aliphatic imine (C=N–C) groups is 1. The van der Waals surface area contributed by atoms with Gasteiger partial charge in [0.25, 0.3) is 0 Å². The number of aromatic hydroxyl groups is 1. The van der Waals surface area contributed by atoms with Gasteiger partial charge in [0.2, 0.25) is 0 Å². The first kappa shape index (κ1) is 32.9. The third kappa shape index (κ3) is 14.7. The van der Waals surface area contributed by atoms with Crippen LogP contribution in [0.25, 0.3) is 0 Å². The highest BCUT2D eigenvalue weighted by Gasteiger charge is 2.03. The van der Waals surface area contributed by atoms with E-state index < -0.39 is 0 Å². The van der Waals surface area contributed by atoms with Crippen LogP contribution < -0.4 is 4.74 Å². The Morgan fingerprint density at radius 3 is 2.10 bits per heavy atom. The largest absolute Gasteiger partial charge is 0.507 e. The van der Waals surface area contributed by atoms with Crippen LogP contribution in [-0.2, 0) is 17.8 Å². The molecule has 0 unspecified atom stereocenters. The number of phenolic OH excluding ortho intramolecular Hbond substituents is 1. The fourth-order valence-electron chi connectivity index (χ4n) is 4.85. The van der Waals surface area contributed by atoms with Gasteiger partial charge in [-0.1, -0.05) is 89.7 Å². The molecular formula is C36H51NO3S. The number of rotatable bonds is 23. The van der Waals surface area contributed by atoms with Crippen LogP contribution in [-0.4, -0.2) is 24.5 Å². The molecule has 41 heavy (non-hydrogen) atoms. The van der Waals surface area contributed by atoms with E-state index in [4.69, 9.17) is 9.47 Å². The van der Waals surface area contributed by atoms with Crippen molar-refractivity contribution in [3.8, 4) is 11.5 Å².